The van der Waals surface area contributed by atoms with Crippen LogP contribution in [0, 0.1) is 24.7 Å². The van der Waals surface area contributed by atoms with Gasteiger partial charge in [0.05, 0.1) is 6.20 Å². The number of aromatic nitrogens is 2. The summed E-state index contributed by atoms with van der Waals surface area (Å²) in [7, 11) is 0. The standard InChI is InChI=1S/C12H17N3O/c1-7-6-13-15-11(7)14-12(16)10-8-4-2-3-5-9(8)10/h6,8-10H,2-5H2,1H3,(H2,13,14,15,16). The number of nitrogens with zero attached hydrogens (tertiary/aromatic N) is 1. The maximum atomic E-state index is 12.0. The molecule has 0 radical (unpaired) electrons. The van der Waals surface area contributed by atoms with Gasteiger partial charge in [0.25, 0.3) is 0 Å². The summed E-state index contributed by atoms with van der Waals surface area (Å²) in [5, 5.41) is 9.68. The second-order valence-corrected chi connectivity index (χ2v) is 5.06. The van der Waals surface area contributed by atoms with Crippen LogP contribution < -0.4 is 5.32 Å². The van der Waals surface area contributed by atoms with E-state index in [1.807, 2.05) is 6.92 Å². The van der Waals surface area contributed by atoms with Crippen LogP contribution in [-0.2, 0) is 4.79 Å². The van der Waals surface area contributed by atoms with Crippen LogP contribution in [0.2, 0.25) is 0 Å². The number of H-pyrrole nitrogens is 1. The van der Waals surface area contributed by atoms with Crippen LogP contribution in [0.3, 0.4) is 0 Å². The number of carbonyl (C=O) groups excluding carboxylic acids is 1. The quantitative estimate of drug-likeness (QED) is 0.800. The van der Waals surface area contributed by atoms with E-state index < -0.39 is 0 Å². The molecule has 2 aliphatic rings. The number of fused-ring (bicyclic) bond motifs is 1. The predicted octanol–water partition coefficient (Wildman–Crippen LogP) is 2.09. The molecule has 0 aliphatic heterocycles. The van der Waals surface area contributed by atoms with Gasteiger partial charge in [-0.2, -0.15) is 5.10 Å². The van der Waals surface area contributed by atoms with Gasteiger partial charge in [0, 0.05) is 11.5 Å². The van der Waals surface area contributed by atoms with Gasteiger partial charge in [0.15, 0.2) is 0 Å². The molecule has 86 valence electrons. The maximum Gasteiger partial charge on any atom is 0.229 e. The van der Waals surface area contributed by atoms with Gasteiger partial charge in [-0.05, 0) is 31.6 Å². The largest absolute Gasteiger partial charge is 0.311 e. The Labute approximate surface area is 94.8 Å². The third-order valence-corrected chi connectivity index (χ3v) is 4.04. The summed E-state index contributed by atoms with van der Waals surface area (Å²) < 4.78 is 0. The second-order valence-electron chi connectivity index (χ2n) is 5.06. The molecule has 4 heteroatoms. The summed E-state index contributed by atoms with van der Waals surface area (Å²) in [6.45, 7) is 1.94. The Bertz CT molecular complexity index is 400. The number of amides is 1. The van der Waals surface area contributed by atoms with Gasteiger partial charge in [0.2, 0.25) is 5.91 Å². The third kappa shape index (κ3) is 1.52. The highest BCUT2D eigenvalue weighted by Crippen LogP contribution is 2.55. The van der Waals surface area contributed by atoms with Crippen LogP contribution in [0.5, 0.6) is 0 Å². The first-order chi connectivity index (χ1) is 7.77. The van der Waals surface area contributed by atoms with Crippen molar-refractivity contribution in [3.63, 3.8) is 0 Å². The third-order valence-electron chi connectivity index (χ3n) is 4.04. The molecule has 0 spiro atoms. The molecule has 2 N–H and O–H groups in total. The average molecular weight is 219 g/mol. The minimum absolute atomic E-state index is 0.184. The monoisotopic (exact) mass is 219 g/mol. The molecule has 1 heterocycles. The average Bonchev–Trinajstić information content (AvgIpc) is 2.90. The summed E-state index contributed by atoms with van der Waals surface area (Å²) in [5.41, 5.74) is 0.997. The smallest absolute Gasteiger partial charge is 0.229 e. The summed E-state index contributed by atoms with van der Waals surface area (Å²) in [6, 6.07) is 0. The van der Waals surface area contributed by atoms with Crippen molar-refractivity contribution in [2.45, 2.75) is 32.6 Å². The Kier molecular flexibility index (Phi) is 2.23. The zero-order valence-corrected chi connectivity index (χ0v) is 9.49. The van der Waals surface area contributed by atoms with Gasteiger partial charge in [-0.25, -0.2) is 0 Å². The molecule has 3 rings (SSSR count). The van der Waals surface area contributed by atoms with E-state index in [1.54, 1.807) is 6.20 Å². The lowest BCUT2D eigenvalue weighted by Crippen LogP contribution is -2.16. The Morgan fingerprint density at radius 3 is 2.69 bits per heavy atom. The van der Waals surface area contributed by atoms with Crippen molar-refractivity contribution >= 4 is 11.7 Å². The molecule has 1 aromatic rings. The highest BCUT2D eigenvalue weighted by Gasteiger charge is 2.54. The number of carbonyl (C=O) groups is 1. The first-order valence-corrected chi connectivity index (χ1v) is 6.08. The molecule has 2 saturated carbocycles. The van der Waals surface area contributed by atoms with E-state index in [1.165, 1.54) is 25.7 Å². The minimum atomic E-state index is 0.184. The van der Waals surface area contributed by atoms with E-state index in [0.717, 1.165) is 11.4 Å². The fourth-order valence-corrected chi connectivity index (χ4v) is 3.06. The number of hydrogen-bond acceptors (Lipinski definition) is 2. The van der Waals surface area contributed by atoms with Crippen LogP contribution in [-0.4, -0.2) is 16.1 Å². The lowest BCUT2D eigenvalue weighted by molar-refractivity contribution is -0.117. The van der Waals surface area contributed by atoms with E-state index in [-0.39, 0.29) is 11.8 Å². The number of aromatic amines is 1. The lowest BCUT2D eigenvalue weighted by atomic mass is 10.0. The van der Waals surface area contributed by atoms with Crippen molar-refractivity contribution in [3.8, 4) is 0 Å². The first-order valence-electron chi connectivity index (χ1n) is 6.08. The highest BCUT2D eigenvalue weighted by atomic mass is 16.2. The molecule has 2 atom stereocenters. The molecule has 2 unspecified atom stereocenters. The van der Waals surface area contributed by atoms with Crippen LogP contribution >= 0.6 is 0 Å². The summed E-state index contributed by atoms with van der Waals surface area (Å²) in [4.78, 5) is 12.0. The lowest BCUT2D eigenvalue weighted by Gasteiger charge is -2.04. The SMILES string of the molecule is Cc1cn[nH]c1NC(=O)C1C2CCCCC21. The van der Waals surface area contributed by atoms with Gasteiger partial charge >= 0.3 is 0 Å². The highest BCUT2D eigenvalue weighted by molar-refractivity contribution is 5.94. The van der Waals surface area contributed by atoms with E-state index in [2.05, 4.69) is 15.5 Å². The van der Waals surface area contributed by atoms with Crippen molar-refractivity contribution in [2.75, 3.05) is 5.32 Å². The molecule has 4 nitrogen and oxygen atoms in total. The van der Waals surface area contributed by atoms with E-state index in [9.17, 15) is 4.79 Å². The number of anilines is 1. The number of rotatable bonds is 2. The molecule has 0 saturated heterocycles. The van der Waals surface area contributed by atoms with Gasteiger partial charge in [-0.3, -0.25) is 9.89 Å². The Hall–Kier alpha value is -1.32. The van der Waals surface area contributed by atoms with Crippen LogP contribution in [0.4, 0.5) is 5.82 Å². The molecular weight excluding hydrogens is 202 g/mol. The predicted molar refractivity (Wildman–Crippen MR) is 60.9 cm³/mol. The number of aryl methyl sites for hydroxylation is 1. The fraction of sp³-hybridized carbons (Fsp3) is 0.667. The number of nitrogens with one attached hydrogen (secondary N) is 2. The van der Waals surface area contributed by atoms with Crippen LogP contribution in [0.25, 0.3) is 0 Å². The summed E-state index contributed by atoms with van der Waals surface area (Å²) in [5.74, 6) is 2.54. The second kappa shape index (κ2) is 3.61. The molecule has 0 bridgehead atoms. The molecule has 2 fully saturated rings. The molecule has 16 heavy (non-hydrogen) atoms. The van der Waals surface area contributed by atoms with Crippen molar-refractivity contribution in [3.05, 3.63) is 11.8 Å². The Morgan fingerprint density at radius 2 is 2.12 bits per heavy atom. The van der Waals surface area contributed by atoms with E-state index >= 15 is 0 Å². The zero-order chi connectivity index (χ0) is 11.1. The van der Waals surface area contributed by atoms with Crippen molar-refractivity contribution < 1.29 is 4.79 Å². The van der Waals surface area contributed by atoms with Gasteiger partial charge in [-0.1, -0.05) is 12.8 Å². The van der Waals surface area contributed by atoms with Crippen molar-refractivity contribution in [2.24, 2.45) is 17.8 Å². The molecule has 2 aliphatic carbocycles. The first kappa shape index (κ1) is 9.87. The number of hydrogen-bond donors (Lipinski definition) is 2. The van der Waals surface area contributed by atoms with Crippen LogP contribution in [0.1, 0.15) is 31.2 Å². The van der Waals surface area contributed by atoms with E-state index in [4.69, 9.17) is 0 Å². The van der Waals surface area contributed by atoms with Crippen molar-refractivity contribution in [1.82, 2.24) is 10.2 Å². The molecule has 0 aromatic carbocycles. The molecule has 1 aromatic heterocycles. The molecule has 1 amide bonds. The molecular formula is C12H17N3O. The topological polar surface area (TPSA) is 57.8 Å². The van der Waals surface area contributed by atoms with E-state index in [0.29, 0.717) is 11.8 Å². The fourth-order valence-electron chi connectivity index (χ4n) is 3.06. The maximum absolute atomic E-state index is 12.0. The Balaban J connectivity index is 1.65. The summed E-state index contributed by atoms with van der Waals surface area (Å²) in [6.07, 6.45) is 6.81. The van der Waals surface area contributed by atoms with Gasteiger partial charge < -0.3 is 5.32 Å². The normalized spacial score (nSPS) is 31.9. The van der Waals surface area contributed by atoms with Gasteiger partial charge in [0.1, 0.15) is 5.82 Å². The zero-order valence-electron chi connectivity index (χ0n) is 9.49. The Morgan fingerprint density at radius 1 is 1.44 bits per heavy atom. The van der Waals surface area contributed by atoms with Gasteiger partial charge in [-0.15, -0.1) is 0 Å². The summed E-state index contributed by atoms with van der Waals surface area (Å²) >= 11 is 0. The minimum Gasteiger partial charge on any atom is -0.311 e. The van der Waals surface area contributed by atoms with Crippen LogP contribution in [0.15, 0.2) is 6.20 Å². The van der Waals surface area contributed by atoms with Crippen molar-refractivity contribution in [1.29, 1.82) is 0 Å².